The van der Waals surface area contributed by atoms with E-state index in [0.29, 0.717) is 10.6 Å². The maximum absolute atomic E-state index is 12.6. The summed E-state index contributed by atoms with van der Waals surface area (Å²) in [6, 6.07) is 24.1. The molecule has 2 atom stereocenters. The zero-order valence-corrected chi connectivity index (χ0v) is 19.3. The van der Waals surface area contributed by atoms with E-state index in [2.05, 4.69) is 10.6 Å². The molecule has 2 amide bonds. The van der Waals surface area contributed by atoms with Crippen molar-refractivity contribution in [1.29, 1.82) is 0 Å². The summed E-state index contributed by atoms with van der Waals surface area (Å²) in [6.45, 7) is 4.21. The molecule has 0 aliphatic carbocycles. The minimum atomic E-state index is -0.155. The van der Waals surface area contributed by atoms with E-state index in [9.17, 15) is 9.59 Å². The Kier molecular flexibility index (Phi) is 8.03. The number of likely N-dealkylation sites (N-methyl/N-ethyl adjacent to an activating group) is 1. The molecule has 0 spiro atoms. The molecule has 0 radical (unpaired) electrons. The standard InChI is InChI=1S/C26H28ClN3O2/c1-18(21-11-7-13-23(27)15-21)28-25(31)17-30(3)19(2)22-12-8-14-24(16-22)29-26(32)20-9-5-4-6-10-20/h4-16,18-19H,17H2,1-3H3,(H,28,31)(H,29,32). The molecule has 0 bridgehead atoms. The first-order valence-electron chi connectivity index (χ1n) is 10.5. The Balaban J connectivity index is 1.59. The summed E-state index contributed by atoms with van der Waals surface area (Å²) >= 11 is 6.05. The number of nitrogens with one attached hydrogen (secondary N) is 2. The van der Waals surface area contributed by atoms with Gasteiger partial charge in [-0.25, -0.2) is 0 Å². The first kappa shape index (κ1) is 23.5. The quantitative estimate of drug-likeness (QED) is 0.479. The Labute approximate surface area is 194 Å². The molecule has 2 unspecified atom stereocenters. The topological polar surface area (TPSA) is 61.4 Å². The van der Waals surface area contributed by atoms with Crippen molar-refractivity contribution in [2.45, 2.75) is 25.9 Å². The molecule has 3 rings (SSSR count). The lowest BCUT2D eigenvalue weighted by molar-refractivity contribution is -0.123. The number of hydrogen-bond donors (Lipinski definition) is 2. The fourth-order valence-electron chi connectivity index (χ4n) is 3.43. The summed E-state index contributed by atoms with van der Waals surface area (Å²) in [7, 11) is 1.91. The highest BCUT2D eigenvalue weighted by Gasteiger charge is 2.17. The maximum atomic E-state index is 12.6. The second-order valence-corrected chi connectivity index (χ2v) is 8.32. The van der Waals surface area contributed by atoms with Gasteiger partial charge in [0.2, 0.25) is 5.91 Å². The predicted octanol–water partition coefficient (Wildman–Crippen LogP) is 5.46. The molecule has 0 saturated heterocycles. The number of halogens is 1. The molecule has 2 N–H and O–H groups in total. The van der Waals surface area contributed by atoms with Crippen molar-refractivity contribution in [1.82, 2.24) is 10.2 Å². The van der Waals surface area contributed by atoms with Crippen molar-refractivity contribution in [2.24, 2.45) is 0 Å². The van der Waals surface area contributed by atoms with E-state index < -0.39 is 0 Å². The van der Waals surface area contributed by atoms with E-state index in [1.54, 1.807) is 12.1 Å². The smallest absolute Gasteiger partial charge is 0.255 e. The number of carbonyl (C=O) groups is 2. The highest BCUT2D eigenvalue weighted by molar-refractivity contribution is 6.30. The van der Waals surface area contributed by atoms with Gasteiger partial charge >= 0.3 is 0 Å². The van der Waals surface area contributed by atoms with Crippen LogP contribution in [0.2, 0.25) is 5.02 Å². The molecule has 0 fully saturated rings. The molecule has 3 aromatic rings. The van der Waals surface area contributed by atoms with Crippen LogP contribution < -0.4 is 10.6 Å². The van der Waals surface area contributed by atoms with Crippen molar-refractivity contribution >= 4 is 29.1 Å². The Morgan fingerprint density at radius 2 is 1.59 bits per heavy atom. The van der Waals surface area contributed by atoms with Crippen LogP contribution >= 0.6 is 11.6 Å². The fraction of sp³-hybridized carbons (Fsp3) is 0.231. The van der Waals surface area contributed by atoms with Gasteiger partial charge in [-0.05, 0) is 68.4 Å². The van der Waals surface area contributed by atoms with E-state index >= 15 is 0 Å². The van der Waals surface area contributed by atoms with Gasteiger partial charge in [0.1, 0.15) is 0 Å². The van der Waals surface area contributed by atoms with E-state index in [1.165, 1.54) is 0 Å². The average molecular weight is 450 g/mol. The highest BCUT2D eigenvalue weighted by Crippen LogP contribution is 2.23. The van der Waals surface area contributed by atoms with Crippen LogP contribution in [0.15, 0.2) is 78.9 Å². The largest absolute Gasteiger partial charge is 0.348 e. The Morgan fingerprint density at radius 3 is 2.31 bits per heavy atom. The Morgan fingerprint density at radius 1 is 0.906 bits per heavy atom. The summed E-state index contributed by atoms with van der Waals surface area (Å²) < 4.78 is 0. The fourth-order valence-corrected chi connectivity index (χ4v) is 3.63. The minimum absolute atomic E-state index is 0.0178. The van der Waals surface area contributed by atoms with Crippen LogP contribution in [0.5, 0.6) is 0 Å². The van der Waals surface area contributed by atoms with E-state index in [0.717, 1.165) is 16.8 Å². The van der Waals surface area contributed by atoms with E-state index in [1.807, 2.05) is 92.5 Å². The summed E-state index contributed by atoms with van der Waals surface area (Å²) in [5, 5.41) is 6.60. The minimum Gasteiger partial charge on any atom is -0.348 e. The van der Waals surface area contributed by atoms with Crippen LogP contribution in [0.1, 0.15) is 47.4 Å². The van der Waals surface area contributed by atoms with Crippen molar-refractivity contribution < 1.29 is 9.59 Å². The molecule has 0 aliphatic heterocycles. The third kappa shape index (κ3) is 6.42. The second-order valence-electron chi connectivity index (χ2n) is 7.88. The molecule has 3 aromatic carbocycles. The number of carbonyl (C=O) groups excluding carboxylic acids is 2. The van der Waals surface area contributed by atoms with E-state index in [-0.39, 0.29) is 30.4 Å². The van der Waals surface area contributed by atoms with Crippen molar-refractivity contribution in [3.05, 3.63) is 101 Å². The lowest BCUT2D eigenvalue weighted by atomic mass is 10.1. The highest BCUT2D eigenvalue weighted by atomic mass is 35.5. The molecule has 6 heteroatoms. The average Bonchev–Trinajstić information content (AvgIpc) is 2.79. The molecule has 0 saturated carbocycles. The van der Waals surface area contributed by atoms with Crippen LogP contribution in [-0.2, 0) is 4.79 Å². The molecule has 32 heavy (non-hydrogen) atoms. The van der Waals surface area contributed by atoms with Gasteiger partial charge in [0.05, 0.1) is 12.6 Å². The zero-order chi connectivity index (χ0) is 23.1. The van der Waals surface area contributed by atoms with Crippen molar-refractivity contribution in [3.8, 4) is 0 Å². The van der Waals surface area contributed by atoms with E-state index in [4.69, 9.17) is 11.6 Å². The SMILES string of the molecule is CC(NC(=O)CN(C)C(C)c1cccc(NC(=O)c2ccccc2)c1)c1cccc(Cl)c1. The first-order chi connectivity index (χ1) is 15.3. The van der Waals surface area contributed by atoms with Crippen LogP contribution in [0.3, 0.4) is 0 Å². The van der Waals surface area contributed by atoms with Gasteiger partial charge in [0.25, 0.3) is 5.91 Å². The molecule has 0 aliphatic rings. The molecular formula is C26H28ClN3O2. The summed E-state index contributed by atoms with van der Waals surface area (Å²) in [5.74, 6) is -0.224. The number of hydrogen-bond acceptors (Lipinski definition) is 3. The molecule has 0 heterocycles. The Hall–Kier alpha value is -3.15. The maximum Gasteiger partial charge on any atom is 0.255 e. The van der Waals surface area contributed by atoms with Crippen LogP contribution in [0.4, 0.5) is 5.69 Å². The molecule has 0 aromatic heterocycles. The van der Waals surface area contributed by atoms with Gasteiger partial charge in [-0.2, -0.15) is 0 Å². The van der Waals surface area contributed by atoms with Crippen molar-refractivity contribution in [3.63, 3.8) is 0 Å². The third-order valence-electron chi connectivity index (χ3n) is 5.44. The summed E-state index contributed by atoms with van der Waals surface area (Å²) in [5.41, 5.74) is 3.29. The molecule has 166 valence electrons. The first-order valence-corrected chi connectivity index (χ1v) is 10.9. The van der Waals surface area contributed by atoms with Gasteiger partial charge in [-0.3, -0.25) is 14.5 Å². The molecule has 5 nitrogen and oxygen atoms in total. The summed E-state index contributed by atoms with van der Waals surface area (Å²) in [6.07, 6.45) is 0. The number of amides is 2. The van der Waals surface area contributed by atoms with Crippen LogP contribution in [0, 0.1) is 0 Å². The number of benzene rings is 3. The molecular weight excluding hydrogens is 422 g/mol. The lowest BCUT2D eigenvalue weighted by Gasteiger charge is -2.26. The normalized spacial score (nSPS) is 12.8. The van der Waals surface area contributed by atoms with Crippen molar-refractivity contribution in [2.75, 3.05) is 18.9 Å². The van der Waals surface area contributed by atoms with Gasteiger partial charge in [0.15, 0.2) is 0 Å². The number of nitrogens with zero attached hydrogens (tertiary/aromatic N) is 1. The number of rotatable bonds is 8. The monoisotopic (exact) mass is 449 g/mol. The summed E-state index contributed by atoms with van der Waals surface area (Å²) in [4.78, 5) is 27.0. The van der Waals surface area contributed by atoms with Crippen LogP contribution in [-0.4, -0.2) is 30.3 Å². The third-order valence-corrected chi connectivity index (χ3v) is 5.68. The number of anilines is 1. The van der Waals surface area contributed by atoms with Gasteiger partial charge in [-0.15, -0.1) is 0 Å². The van der Waals surface area contributed by atoms with Crippen LogP contribution in [0.25, 0.3) is 0 Å². The van der Waals surface area contributed by atoms with Gasteiger partial charge in [0, 0.05) is 22.3 Å². The Bertz CT molecular complexity index is 1070. The lowest BCUT2D eigenvalue weighted by Crippen LogP contribution is -2.37. The van der Waals surface area contributed by atoms with Gasteiger partial charge < -0.3 is 10.6 Å². The second kappa shape index (κ2) is 10.9. The predicted molar refractivity (Wildman–Crippen MR) is 130 cm³/mol. The zero-order valence-electron chi connectivity index (χ0n) is 18.5. The van der Waals surface area contributed by atoms with Gasteiger partial charge in [-0.1, -0.05) is 54.1 Å².